The molecule has 2 unspecified atom stereocenters. The van der Waals surface area contributed by atoms with Crippen LogP contribution in [-0.2, 0) is 6.42 Å². The Labute approximate surface area is 109 Å². The van der Waals surface area contributed by atoms with Gasteiger partial charge in [-0.15, -0.1) is 11.3 Å². The van der Waals surface area contributed by atoms with E-state index in [0.29, 0.717) is 30.8 Å². The summed E-state index contributed by atoms with van der Waals surface area (Å²) in [5.41, 5.74) is 11.6. The molecule has 1 heterocycles. The summed E-state index contributed by atoms with van der Waals surface area (Å²) in [5.74, 6) is 1.54. The minimum atomic E-state index is 0.432. The van der Waals surface area contributed by atoms with Gasteiger partial charge in [-0.1, -0.05) is 27.2 Å². The van der Waals surface area contributed by atoms with Crippen LogP contribution in [0.1, 0.15) is 42.9 Å². The summed E-state index contributed by atoms with van der Waals surface area (Å²) in [4.78, 5) is 2.98. The van der Waals surface area contributed by atoms with Gasteiger partial charge in [0.05, 0.1) is 0 Å². The lowest BCUT2D eigenvalue weighted by atomic mass is 9.83. The molecule has 0 radical (unpaired) electrons. The molecule has 2 atom stereocenters. The van der Waals surface area contributed by atoms with Crippen molar-refractivity contribution in [1.82, 2.24) is 0 Å². The summed E-state index contributed by atoms with van der Waals surface area (Å²) < 4.78 is 0. The van der Waals surface area contributed by atoms with Gasteiger partial charge in [-0.2, -0.15) is 0 Å². The van der Waals surface area contributed by atoms with Crippen LogP contribution >= 0.6 is 11.3 Å². The van der Waals surface area contributed by atoms with Gasteiger partial charge in [0.25, 0.3) is 0 Å². The van der Waals surface area contributed by atoms with Crippen molar-refractivity contribution < 1.29 is 0 Å². The summed E-state index contributed by atoms with van der Waals surface area (Å²) in [6.45, 7) is 8.17. The van der Waals surface area contributed by atoms with Gasteiger partial charge in [0.15, 0.2) is 0 Å². The van der Waals surface area contributed by atoms with E-state index in [2.05, 4.69) is 32.9 Å². The van der Waals surface area contributed by atoms with E-state index in [0.717, 1.165) is 0 Å². The predicted octanol–water partition coefficient (Wildman–Crippen LogP) is 2.97. The van der Waals surface area contributed by atoms with Crippen LogP contribution in [0.4, 0.5) is 0 Å². The zero-order valence-electron chi connectivity index (χ0n) is 11.3. The number of hydrogen-bond donors (Lipinski definition) is 2. The Kier molecular flexibility index (Phi) is 6.17. The third kappa shape index (κ3) is 3.80. The van der Waals surface area contributed by atoms with Gasteiger partial charge >= 0.3 is 0 Å². The van der Waals surface area contributed by atoms with Crippen LogP contribution in [0.2, 0.25) is 0 Å². The summed E-state index contributed by atoms with van der Waals surface area (Å²) in [7, 11) is 0. The lowest BCUT2D eigenvalue weighted by Crippen LogP contribution is -2.31. The molecule has 0 aliphatic rings. The minimum absolute atomic E-state index is 0.432. The van der Waals surface area contributed by atoms with Gasteiger partial charge in [-0.25, -0.2) is 0 Å². The van der Waals surface area contributed by atoms with E-state index >= 15 is 0 Å². The predicted molar refractivity (Wildman–Crippen MR) is 77.5 cm³/mol. The summed E-state index contributed by atoms with van der Waals surface area (Å²) in [6, 6.07) is 4.55. The first-order valence-electron chi connectivity index (χ1n) is 6.62. The number of hydrogen-bond acceptors (Lipinski definition) is 3. The molecule has 0 spiro atoms. The van der Waals surface area contributed by atoms with Crippen molar-refractivity contribution in [2.24, 2.45) is 23.3 Å². The largest absolute Gasteiger partial charge is 0.330 e. The lowest BCUT2D eigenvalue weighted by Gasteiger charge is -2.26. The SMILES string of the molecule is CCCc1ccc(C(C)C(C)C(CN)CN)s1. The van der Waals surface area contributed by atoms with E-state index < -0.39 is 0 Å². The zero-order chi connectivity index (χ0) is 12.8. The Bertz CT molecular complexity index is 318. The third-order valence-corrected chi connectivity index (χ3v) is 5.11. The van der Waals surface area contributed by atoms with Crippen LogP contribution in [0.15, 0.2) is 12.1 Å². The average molecular weight is 254 g/mol. The fourth-order valence-corrected chi connectivity index (χ4v) is 3.49. The average Bonchev–Trinajstić information content (AvgIpc) is 2.78. The molecule has 98 valence electrons. The Morgan fingerprint density at radius 2 is 1.82 bits per heavy atom. The van der Waals surface area contributed by atoms with Crippen LogP contribution in [0, 0.1) is 11.8 Å². The fraction of sp³-hybridized carbons (Fsp3) is 0.714. The smallest absolute Gasteiger partial charge is 0.00791 e. The first kappa shape index (κ1) is 14.7. The van der Waals surface area contributed by atoms with Crippen LogP contribution in [0.3, 0.4) is 0 Å². The van der Waals surface area contributed by atoms with E-state index in [9.17, 15) is 0 Å². The first-order chi connectivity index (χ1) is 8.13. The second kappa shape index (κ2) is 7.14. The van der Waals surface area contributed by atoms with E-state index in [4.69, 9.17) is 11.5 Å². The molecular weight excluding hydrogens is 228 g/mol. The van der Waals surface area contributed by atoms with Crippen molar-refractivity contribution >= 4 is 11.3 Å². The van der Waals surface area contributed by atoms with Crippen LogP contribution in [0.5, 0.6) is 0 Å². The molecule has 3 heteroatoms. The third-order valence-electron chi connectivity index (χ3n) is 3.77. The molecule has 0 fully saturated rings. The van der Waals surface area contributed by atoms with Gasteiger partial charge in [0.1, 0.15) is 0 Å². The molecule has 0 aromatic carbocycles. The standard InChI is InChI=1S/C14H26N2S/c1-4-5-13-6-7-14(17-13)11(3)10(2)12(8-15)9-16/h6-7,10-12H,4-5,8-9,15-16H2,1-3H3. The molecule has 0 saturated heterocycles. The summed E-state index contributed by atoms with van der Waals surface area (Å²) in [6.07, 6.45) is 2.42. The fourth-order valence-electron chi connectivity index (χ4n) is 2.21. The van der Waals surface area contributed by atoms with Gasteiger partial charge in [-0.05, 0) is 49.4 Å². The van der Waals surface area contributed by atoms with Gasteiger partial charge in [0, 0.05) is 9.75 Å². The summed E-state index contributed by atoms with van der Waals surface area (Å²) >= 11 is 1.95. The molecule has 1 aromatic heterocycles. The van der Waals surface area contributed by atoms with Crippen molar-refractivity contribution in [2.75, 3.05) is 13.1 Å². The number of aryl methyl sites for hydroxylation is 1. The quantitative estimate of drug-likeness (QED) is 0.786. The maximum Gasteiger partial charge on any atom is 0.00791 e. The first-order valence-corrected chi connectivity index (χ1v) is 7.44. The normalized spacial score (nSPS) is 15.2. The molecule has 4 N–H and O–H groups in total. The van der Waals surface area contributed by atoms with Crippen molar-refractivity contribution in [2.45, 2.75) is 39.5 Å². The second-order valence-electron chi connectivity index (χ2n) is 4.93. The summed E-state index contributed by atoms with van der Waals surface area (Å²) in [5, 5.41) is 0. The van der Waals surface area contributed by atoms with Gasteiger partial charge in [-0.3, -0.25) is 0 Å². The van der Waals surface area contributed by atoms with Crippen molar-refractivity contribution in [3.63, 3.8) is 0 Å². The van der Waals surface area contributed by atoms with Crippen LogP contribution in [0.25, 0.3) is 0 Å². The molecular formula is C14H26N2S. The maximum absolute atomic E-state index is 5.78. The monoisotopic (exact) mass is 254 g/mol. The highest BCUT2D eigenvalue weighted by Gasteiger charge is 2.22. The lowest BCUT2D eigenvalue weighted by molar-refractivity contribution is 0.331. The molecule has 1 rings (SSSR count). The van der Waals surface area contributed by atoms with Crippen molar-refractivity contribution in [1.29, 1.82) is 0 Å². The van der Waals surface area contributed by atoms with E-state index in [1.54, 1.807) is 0 Å². The Hall–Kier alpha value is -0.380. The Morgan fingerprint density at radius 1 is 1.18 bits per heavy atom. The Morgan fingerprint density at radius 3 is 2.35 bits per heavy atom. The maximum atomic E-state index is 5.78. The second-order valence-corrected chi connectivity index (χ2v) is 6.13. The van der Waals surface area contributed by atoms with Gasteiger partial charge in [0.2, 0.25) is 0 Å². The molecule has 0 saturated carbocycles. The molecule has 0 amide bonds. The van der Waals surface area contributed by atoms with Gasteiger partial charge < -0.3 is 11.5 Å². The minimum Gasteiger partial charge on any atom is -0.330 e. The number of rotatable bonds is 7. The highest BCUT2D eigenvalue weighted by Crippen LogP contribution is 2.33. The van der Waals surface area contributed by atoms with Crippen molar-refractivity contribution in [3.05, 3.63) is 21.9 Å². The molecule has 0 aliphatic carbocycles. The van der Waals surface area contributed by atoms with E-state index in [-0.39, 0.29) is 0 Å². The molecule has 0 aliphatic heterocycles. The Balaban J connectivity index is 2.69. The molecule has 0 bridgehead atoms. The van der Waals surface area contributed by atoms with E-state index in [1.165, 1.54) is 22.6 Å². The van der Waals surface area contributed by atoms with Crippen LogP contribution < -0.4 is 11.5 Å². The molecule has 1 aromatic rings. The van der Waals surface area contributed by atoms with Crippen molar-refractivity contribution in [3.8, 4) is 0 Å². The van der Waals surface area contributed by atoms with Crippen LogP contribution in [-0.4, -0.2) is 13.1 Å². The molecule has 17 heavy (non-hydrogen) atoms. The molecule has 2 nitrogen and oxygen atoms in total. The highest BCUT2D eigenvalue weighted by atomic mass is 32.1. The zero-order valence-corrected chi connectivity index (χ0v) is 12.1. The number of thiophene rings is 1. The number of nitrogens with two attached hydrogens (primary N) is 2. The van der Waals surface area contributed by atoms with E-state index in [1.807, 2.05) is 11.3 Å². The topological polar surface area (TPSA) is 52.0 Å². The highest BCUT2D eigenvalue weighted by molar-refractivity contribution is 7.12.